The number of hydrogen-bond acceptors (Lipinski definition) is 3. The summed E-state index contributed by atoms with van der Waals surface area (Å²) in [5, 5.41) is 5.01. The minimum absolute atomic E-state index is 0.120. The fraction of sp³-hybridized carbons (Fsp3) is 0.591. The molecule has 1 aromatic heterocycles. The lowest BCUT2D eigenvalue weighted by molar-refractivity contribution is -0.0917. The van der Waals surface area contributed by atoms with Crippen LogP contribution in [0, 0.1) is 0 Å². The van der Waals surface area contributed by atoms with Crippen LogP contribution in [-0.2, 0) is 16.7 Å². The molecule has 2 aromatic rings. The molecule has 144 valence electrons. The van der Waals surface area contributed by atoms with Gasteiger partial charge in [-0.1, -0.05) is 18.2 Å². The number of hydrogen-bond donors (Lipinski definition) is 2. The molecule has 1 spiro atoms. The van der Waals surface area contributed by atoms with Gasteiger partial charge < -0.3 is 15.0 Å². The number of carbonyl (C=O) groups is 1. The highest BCUT2D eigenvalue weighted by Gasteiger charge is 2.69. The quantitative estimate of drug-likeness (QED) is 0.738. The predicted molar refractivity (Wildman–Crippen MR) is 106 cm³/mol. The Balaban J connectivity index is 1.76. The molecule has 1 aromatic carbocycles. The maximum Gasteiger partial charge on any atom is 0.411 e. The van der Waals surface area contributed by atoms with E-state index in [0.29, 0.717) is 6.54 Å². The summed E-state index contributed by atoms with van der Waals surface area (Å²) in [6.07, 6.45) is 2.27. The third-order valence-corrected chi connectivity index (χ3v) is 6.95. The first kappa shape index (κ1) is 17.1. The second-order valence-electron chi connectivity index (χ2n) is 10.1. The van der Waals surface area contributed by atoms with Crippen molar-refractivity contribution in [2.75, 3.05) is 6.54 Å². The van der Waals surface area contributed by atoms with Crippen LogP contribution in [-0.4, -0.2) is 39.2 Å². The van der Waals surface area contributed by atoms with E-state index >= 15 is 0 Å². The molecule has 0 unspecified atom stereocenters. The van der Waals surface area contributed by atoms with Gasteiger partial charge in [-0.05, 0) is 52.7 Å². The number of aromatic amines is 1. The number of H-pyrrole nitrogens is 1. The number of carbonyl (C=O) groups excluding carboxylic acids is 1. The standard InChI is InChI=1S/C22H29N3O2/c1-19(2)12-22(13-20(3,4)24-19)21(5)17-15(10-11-25(21)18(26)27-22)14-8-6-7-9-16(14)23-17/h6-9,23-24H,10-13H2,1-5H3/t21-/m0/s1. The van der Waals surface area contributed by atoms with E-state index in [9.17, 15) is 4.79 Å². The number of fused-ring (bicyclic) bond motifs is 6. The van der Waals surface area contributed by atoms with Gasteiger partial charge >= 0.3 is 6.09 Å². The Kier molecular flexibility index (Phi) is 3.09. The van der Waals surface area contributed by atoms with Crippen molar-refractivity contribution in [3.63, 3.8) is 0 Å². The molecule has 27 heavy (non-hydrogen) atoms. The summed E-state index contributed by atoms with van der Waals surface area (Å²) >= 11 is 0. The minimum Gasteiger partial charge on any atom is -0.440 e. The van der Waals surface area contributed by atoms with E-state index < -0.39 is 11.1 Å². The van der Waals surface area contributed by atoms with Gasteiger partial charge in [-0.25, -0.2) is 4.79 Å². The lowest BCUT2D eigenvalue weighted by atomic mass is 9.62. The molecule has 1 atom stereocenters. The summed E-state index contributed by atoms with van der Waals surface area (Å²) in [4.78, 5) is 18.7. The van der Waals surface area contributed by atoms with Crippen LogP contribution >= 0.6 is 0 Å². The van der Waals surface area contributed by atoms with Gasteiger partial charge in [0, 0.05) is 47.1 Å². The molecular weight excluding hydrogens is 338 g/mol. The van der Waals surface area contributed by atoms with Crippen molar-refractivity contribution in [3.8, 4) is 0 Å². The zero-order valence-electron chi connectivity index (χ0n) is 16.9. The highest BCUT2D eigenvalue weighted by atomic mass is 16.6. The van der Waals surface area contributed by atoms with Gasteiger partial charge in [0.1, 0.15) is 11.1 Å². The van der Waals surface area contributed by atoms with Crippen molar-refractivity contribution in [1.29, 1.82) is 0 Å². The van der Waals surface area contributed by atoms with Gasteiger partial charge in [0.05, 0.1) is 0 Å². The number of amides is 1. The SMILES string of the molecule is CC1(C)CC2(CC(C)(C)N1)OC(=O)N1CCc3c([nH]c4ccccc34)[C@]12C. The average molecular weight is 367 g/mol. The molecule has 5 nitrogen and oxygen atoms in total. The summed E-state index contributed by atoms with van der Waals surface area (Å²) in [6.45, 7) is 11.8. The van der Waals surface area contributed by atoms with Crippen LogP contribution in [0.15, 0.2) is 24.3 Å². The van der Waals surface area contributed by atoms with Gasteiger partial charge in [-0.3, -0.25) is 4.90 Å². The van der Waals surface area contributed by atoms with Crippen molar-refractivity contribution in [2.24, 2.45) is 0 Å². The van der Waals surface area contributed by atoms with Crippen LogP contribution in [0.2, 0.25) is 0 Å². The van der Waals surface area contributed by atoms with E-state index in [0.717, 1.165) is 30.5 Å². The maximum atomic E-state index is 13.0. The Morgan fingerprint density at radius 1 is 1.04 bits per heavy atom. The van der Waals surface area contributed by atoms with Crippen molar-refractivity contribution in [2.45, 2.75) is 76.1 Å². The largest absolute Gasteiger partial charge is 0.440 e. The van der Waals surface area contributed by atoms with E-state index in [2.05, 4.69) is 69.2 Å². The fourth-order valence-electron chi connectivity index (χ4n) is 6.44. The van der Waals surface area contributed by atoms with Crippen LogP contribution in [0.25, 0.3) is 10.9 Å². The summed E-state index contributed by atoms with van der Waals surface area (Å²) < 4.78 is 6.29. The maximum absolute atomic E-state index is 13.0. The molecule has 3 aliphatic rings. The monoisotopic (exact) mass is 367 g/mol. The smallest absolute Gasteiger partial charge is 0.411 e. The molecule has 5 rings (SSSR count). The van der Waals surface area contributed by atoms with Crippen LogP contribution < -0.4 is 5.32 Å². The zero-order chi connectivity index (χ0) is 19.2. The second kappa shape index (κ2) is 4.88. The second-order valence-corrected chi connectivity index (χ2v) is 10.1. The number of rotatable bonds is 0. The highest BCUT2D eigenvalue weighted by molar-refractivity contribution is 5.87. The van der Waals surface area contributed by atoms with E-state index in [1.54, 1.807) is 0 Å². The molecule has 0 aliphatic carbocycles. The lowest BCUT2D eigenvalue weighted by Gasteiger charge is -2.56. The molecule has 5 heteroatoms. The molecule has 0 saturated carbocycles. The number of nitrogens with zero attached hydrogens (tertiary/aromatic N) is 1. The number of aromatic nitrogens is 1. The average Bonchev–Trinajstić information content (AvgIpc) is 2.99. The van der Waals surface area contributed by atoms with Crippen LogP contribution in [0.4, 0.5) is 4.79 Å². The van der Waals surface area contributed by atoms with Gasteiger partial charge in [-0.15, -0.1) is 0 Å². The van der Waals surface area contributed by atoms with Gasteiger partial charge in [0.2, 0.25) is 0 Å². The third-order valence-electron chi connectivity index (χ3n) is 6.95. The van der Waals surface area contributed by atoms with Crippen molar-refractivity contribution in [1.82, 2.24) is 15.2 Å². The van der Waals surface area contributed by atoms with Gasteiger partial charge in [-0.2, -0.15) is 0 Å². The van der Waals surface area contributed by atoms with Crippen LogP contribution in [0.3, 0.4) is 0 Å². The summed E-state index contributed by atoms with van der Waals surface area (Å²) in [6, 6.07) is 8.47. The van der Waals surface area contributed by atoms with Crippen LogP contribution in [0.1, 0.15) is 58.7 Å². The molecule has 3 aliphatic heterocycles. The van der Waals surface area contributed by atoms with E-state index in [4.69, 9.17) is 4.74 Å². The highest BCUT2D eigenvalue weighted by Crippen LogP contribution is 2.58. The molecule has 2 N–H and O–H groups in total. The van der Waals surface area contributed by atoms with Gasteiger partial charge in [0.15, 0.2) is 0 Å². The first-order chi connectivity index (χ1) is 12.6. The van der Waals surface area contributed by atoms with E-state index in [-0.39, 0.29) is 17.2 Å². The lowest BCUT2D eigenvalue weighted by Crippen LogP contribution is -2.69. The molecular formula is C22H29N3O2. The number of piperidine rings is 1. The van der Waals surface area contributed by atoms with Gasteiger partial charge in [0.25, 0.3) is 0 Å². The Labute approximate surface area is 160 Å². The topological polar surface area (TPSA) is 57.4 Å². The third kappa shape index (κ3) is 2.12. The molecule has 0 bridgehead atoms. The summed E-state index contributed by atoms with van der Waals surface area (Å²) in [5.74, 6) is 0. The molecule has 1 amide bonds. The number of nitrogens with one attached hydrogen (secondary N) is 2. The number of benzene rings is 1. The normalized spacial score (nSPS) is 30.3. The predicted octanol–water partition coefficient (Wildman–Crippen LogP) is 4.07. The van der Waals surface area contributed by atoms with Crippen molar-refractivity contribution < 1.29 is 9.53 Å². The van der Waals surface area contributed by atoms with E-state index in [1.165, 1.54) is 10.9 Å². The minimum atomic E-state index is -0.557. The molecule has 0 radical (unpaired) electrons. The zero-order valence-corrected chi connectivity index (χ0v) is 16.9. The molecule has 4 heterocycles. The van der Waals surface area contributed by atoms with Crippen molar-refractivity contribution in [3.05, 3.63) is 35.5 Å². The molecule has 2 saturated heterocycles. The molecule has 2 fully saturated rings. The Hall–Kier alpha value is -2.01. The Morgan fingerprint density at radius 3 is 2.41 bits per heavy atom. The summed E-state index contributed by atoms with van der Waals surface area (Å²) in [5.41, 5.74) is 2.36. The fourth-order valence-corrected chi connectivity index (χ4v) is 6.44. The van der Waals surface area contributed by atoms with E-state index in [1.807, 2.05) is 4.90 Å². The van der Waals surface area contributed by atoms with Crippen molar-refractivity contribution >= 4 is 17.0 Å². The Bertz CT molecular complexity index is 942. The Morgan fingerprint density at radius 2 is 1.70 bits per heavy atom. The first-order valence-electron chi connectivity index (χ1n) is 9.97. The number of ether oxygens (including phenoxy) is 1. The van der Waals surface area contributed by atoms with Crippen LogP contribution in [0.5, 0.6) is 0 Å². The number of para-hydroxylation sites is 1. The summed E-state index contributed by atoms with van der Waals surface area (Å²) in [7, 11) is 0. The first-order valence-corrected chi connectivity index (χ1v) is 9.97.